The van der Waals surface area contributed by atoms with E-state index in [-0.39, 0.29) is 0 Å². The van der Waals surface area contributed by atoms with Gasteiger partial charge in [0.2, 0.25) is 0 Å². The fraction of sp³-hybridized carbons (Fsp3) is 0.500. The summed E-state index contributed by atoms with van der Waals surface area (Å²) in [5.74, 6) is 0.912. The zero-order valence-electron chi connectivity index (χ0n) is 8.95. The zero-order chi connectivity index (χ0) is 10.7. The van der Waals surface area contributed by atoms with Gasteiger partial charge in [-0.05, 0) is 30.7 Å². The maximum Gasteiger partial charge on any atom is 0.118 e. The van der Waals surface area contributed by atoms with E-state index in [4.69, 9.17) is 16.3 Å². The molecule has 3 heteroatoms. The van der Waals surface area contributed by atoms with Crippen molar-refractivity contribution < 1.29 is 4.74 Å². The number of alkyl halides is 1. The largest absolute Gasteiger partial charge is 0.497 e. The maximum atomic E-state index is 6.06. The van der Waals surface area contributed by atoms with Gasteiger partial charge >= 0.3 is 0 Å². The van der Waals surface area contributed by atoms with E-state index in [9.17, 15) is 0 Å². The van der Waals surface area contributed by atoms with Gasteiger partial charge in [0.15, 0.2) is 0 Å². The molecule has 0 aliphatic carbocycles. The van der Waals surface area contributed by atoms with E-state index in [0.29, 0.717) is 5.38 Å². The van der Waals surface area contributed by atoms with E-state index in [0.717, 1.165) is 31.8 Å². The van der Waals surface area contributed by atoms with Gasteiger partial charge in [0.25, 0.3) is 0 Å². The molecule has 0 radical (unpaired) electrons. The molecule has 0 N–H and O–H groups in total. The van der Waals surface area contributed by atoms with Crippen LogP contribution in [0, 0.1) is 0 Å². The number of halogens is 1. The Morgan fingerprint density at radius 1 is 1.40 bits per heavy atom. The summed E-state index contributed by atoms with van der Waals surface area (Å²) in [4.78, 5) is 2.39. The molecule has 2 nitrogen and oxygen atoms in total. The van der Waals surface area contributed by atoms with Crippen LogP contribution in [-0.2, 0) is 6.54 Å². The molecule has 1 aliphatic rings. The Morgan fingerprint density at radius 2 is 2.13 bits per heavy atom. The van der Waals surface area contributed by atoms with Crippen molar-refractivity contribution in [2.45, 2.75) is 18.3 Å². The van der Waals surface area contributed by atoms with Crippen LogP contribution in [-0.4, -0.2) is 30.5 Å². The topological polar surface area (TPSA) is 12.5 Å². The Bertz CT molecular complexity index is 312. The molecule has 1 fully saturated rings. The van der Waals surface area contributed by atoms with Crippen molar-refractivity contribution in [2.24, 2.45) is 0 Å². The van der Waals surface area contributed by atoms with Crippen LogP contribution in [0.15, 0.2) is 24.3 Å². The molecule has 0 aromatic heterocycles. The lowest BCUT2D eigenvalue weighted by Crippen LogP contribution is -2.20. The number of methoxy groups -OCH3 is 1. The fourth-order valence-corrected chi connectivity index (χ4v) is 2.21. The van der Waals surface area contributed by atoms with Crippen LogP contribution in [0.25, 0.3) is 0 Å². The lowest BCUT2D eigenvalue weighted by atomic mass is 10.2. The molecule has 1 saturated heterocycles. The van der Waals surface area contributed by atoms with Crippen LogP contribution in [0.4, 0.5) is 0 Å². The first kappa shape index (κ1) is 10.8. The number of nitrogens with zero attached hydrogens (tertiary/aromatic N) is 1. The van der Waals surface area contributed by atoms with E-state index >= 15 is 0 Å². The Hall–Kier alpha value is -0.730. The molecule has 0 saturated carbocycles. The molecular formula is C12H16ClNO. The molecule has 1 unspecified atom stereocenters. The van der Waals surface area contributed by atoms with E-state index in [1.54, 1.807) is 7.11 Å². The third kappa shape index (κ3) is 2.86. The van der Waals surface area contributed by atoms with E-state index < -0.39 is 0 Å². The third-order valence-electron chi connectivity index (χ3n) is 2.78. The van der Waals surface area contributed by atoms with Gasteiger partial charge in [-0.1, -0.05) is 12.1 Å². The molecule has 1 aromatic rings. The molecule has 1 atom stereocenters. The van der Waals surface area contributed by atoms with E-state index in [2.05, 4.69) is 17.0 Å². The van der Waals surface area contributed by atoms with Crippen LogP contribution in [0.3, 0.4) is 0 Å². The molecule has 15 heavy (non-hydrogen) atoms. The van der Waals surface area contributed by atoms with Gasteiger partial charge in [0, 0.05) is 18.5 Å². The molecule has 1 heterocycles. The Morgan fingerprint density at radius 3 is 2.67 bits per heavy atom. The third-order valence-corrected chi connectivity index (χ3v) is 3.14. The summed E-state index contributed by atoms with van der Waals surface area (Å²) in [7, 11) is 1.69. The summed E-state index contributed by atoms with van der Waals surface area (Å²) in [5, 5.41) is 0.336. The summed E-state index contributed by atoms with van der Waals surface area (Å²) < 4.78 is 5.12. The molecule has 1 aromatic carbocycles. The number of hydrogen-bond donors (Lipinski definition) is 0. The van der Waals surface area contributed by atoms with Crippen LogP contribution in [0.5, 0.6) is 5.75 Å². The average Bonchev–Trinajstić information content (AvgIpc) is 2.65. The lowest BCUT2D eigenvalue weighted by molar-refractivity contribution is 0.331. The zero-order valence-corrected chi connectivity index (χ0v) is 9.70. The van der Waals surface area contributed by atoms with Crippen LogP contribution >= 0.6 is 11.6 Å². The van der Waals surface area contributed by atoms with Gasteiger partial charge in [-0.25, -0.2) is 0 Å². The van der Waals surface area contributed by atoms with E-state index in [1.165, 1.54) is 5.56 Å². The molecule has 82 valence electrons. The smallest absolute Gasteiger partial charge is 0.118 e. The molecule has 0 bridgehead atoms. The number of rotatable bonds is 3. The van der Waals surface area contributed by atoms with Crippen LogP contribution in [0.1, 0.15) is 12.0 Å². The van der Waals surface area contributed by atoms with Gasteiger partial charge in [-0.2, -0.15) is 0 Å². The number of hydrogen-bond acceptors (Lipinski definition) is 2. The minimum Gasteiger partial charge on any atom is -0.497 e. The summed E-state index contributed by atoms with van der Waals surface area (Å²) in [6, 6.07) is 8.23. The highest BCUT2D eigenvalue weighted by atomic mass is 35.5. The van der Waals surface area contributed by atoms with Crippen molar-refractivity contribution in [1.29, 1.82) is 0 Å². The van der Waals surface area contributed by atoms with Gasteiger partial charge in [-0.3, -0.25) is 4.90 Å². The summed E-state index contributed by atoms with van der Waals surface area (Å²) in [5.41, 5.74) is 1.32. The summed E-state index contributed by atoms with van der Waals surface area (Å²) in [6.45, 7) is 3.11. The highest BCUT2D eigenvalue weighted by molar-refractivity contribution is 6.20. The van der Waals surface area contributed by atoms with E-state index in [1.807, 2.05) is 12.1 Å². The highest BCUT2D eigenvalue weighted by Gasteiger charge is 2.19. The average molecular weight is 226 g/mol. The molecular weight excluding hydrogens is 210 g/mol. The number of ether oxygens (including phenoxy) is 1. The van der Waals surface area contributed by atoms with Crippen molar-refractivity contribution in [3.05, 3.63) is 29.8 Å². The maximum absolute atomic E-state index is 6.06. The molecule has 2 rings (SSSR count). The Labute approximate surface area is 95.8 Å². The van der Waals surface area contributed by atoms with Gasteiger partial charge in [0.05, 0.1) is 7.11 Å². The minimum absolute atomic E-state index is 0.336. The minimum atomic E-state index is 0.336. The summed E-state index contributed by atoms with van der Waals surface area (Å²) in [6.07, 6.45) is 1.11. The van der Waals surface area contributed by atoms with Crippen LogP contribution in [0.2, 0.25) is 0 Å². The lowest BCUT2D eigenvalue weighted by Gasteiger charge is -2.14. The standard InChI is InChI=1S/C12H16ClNO/c1-15-12-4-2-10(3-5-12)8-14-7-6-11(13)9-14/h2-5,11H,6-9H2,1H3. The molecule has 0 amide bonds. The Balaban J connectivity index is 1.93. The van der Waals surface area contributed by atoms with Crippen molar-refractivity contribution in [1.82, 2.24) is 4.90 Å². The second-order valence-corrected chi connectivity index (χ2v) is 4.59. The van der Waals surface area contributed by atoms with Gasteiger partial charge < -0.3 is 4.74 Å². The SMILES string of the molecule is COc1ccc(CN2CCC(Cl)C2)cc1. The highest BCUT2D eigenvalue weighted by Crippen LogP contribution is 2.18. The molecule has 1 aliphatic heterocycles. The van der Waals surface area contributed by atoms with Crippen LogP contribution < -0.4 is 4.74 Å². The van der Waals surface area contributed by atoms with Gasteiger partial charge in [0.1, 0.15) is 5.75 Å². The number of benzene rings is 1. The first-order chi connectivity index (χ1) is 7.28. The number of likely N-dealkylation sites (tertiary alicyclic amines) is 1. The van der Waals surface area contributed by atoms with Crippen molar-refractivity contribution in [2.75, 3.05) is 20.2 Å². The normalized spacial score (nSPS) is 21.9. The summed E-state index contributed by atoms with van der Waals surface area (Å²) >= 11 is 6.06. The van der Waals surface area contributed by atoms with Crippen molar-refractivity contribution >= 4 is 11.6 Å². The predicted molar refractivity (Wildman–Crippen MR) is 62.5 cm³/mol. The first-order valence-electron chi connectivity index (χ1n) is 5.27. The van der Waals surface area contributed by atoms with Gasteiger partial charge in [-0.15, -0.1) is 11.6 Å². The second kappa shape index (κ2) is 4.86. The first-order valence-corrected chi connectivity index (χ1v) is 5.71. The monoisotopic (exact) mass is 225 g/mol. The molecule has 0 spiro atoms. The van der Waals surface area contributed by atoms with Crippen molar-refractivity contribution in [3.8, 4) is 5.75 Å². The van der Waals surface area contributed by atoms with Crippen molar-refractivity contribution in [3.63, 3.8) is 0 Å². The second-order valence-electron chi connectivity index (χ2n) is 3.97. The predicted octanol–water partition coefficient (Wildman–Crippen LogP) is 2.51. The quantitative estimate of drug-likeness (QED) is 0.733. The Kier molecular flexibility index (Phi) is 3.49. The fourth-order valence-electron chi connectivity index (χ4n) is 1.92.